The molecule has 1 aromatic heterocycles. The van der Waals surface area contributed by atoms with Crippen LogP contribution in [0.15, 0.2) is 53.1 Å². The van der Waals surface area contributed by atoms with Crippen LogP contribution in [0.4, 0.5) is 0 Å². The number of ether oxygens (including phenoxy) is 1. The maximum Gasteiger partial charge on any atom is 0.302 e. The fourth-order valence-electron chi connectivity index (χ4n) is 3.32. The summed E-state index contributed by atoms with van der Waals surface area (Å²) < 4.78 is 10.4. The number of amides is 1. The number of esters is 1. The first kappa shape index (κ1) is 17.9. The third kappa shape index (κ3) is 4.39. The number of likely N-dealkylation sites (tertiary alicyclic amines) is 1. The number of ketones is 1. The third-order valence-electron chi connectivity index (χ3n) is 4.44. The van der Waals surface area contributed by atoms with Crippen molar-refractivity contribution < 1.29 is 23.5 Å². The van der Waals surface area contributed by atoms with Gasteiger partial charge in [-0.2, -0.15) is 0 Å². The van der Waals surface area contributed by atoms with Gasteiger partial charge >= 0.3 is 5.97 Å². The highest BCUT2D eigenvalue weighted by atomic mass is 16.5. The van der Waals surface area contributed by atoms with Crippen LogP contribution >= 0.6 is 0 Å². The van der Waals surface area contributed by atoms with Gasteiger partial charge in [-0.1, -0.05) is 30.3 Å². The van der Waals surface area contributed by atoms with Crippen molar-refractivity contribution in [1.82, 2.24) is 4.90 Å². The minimum atomic E-state index is -0.387. The zero-order valence-electron chi connectivity index (χ0n) is 14.6. The van der Waals surface area contributed by atoms with E-state index >= 15 is 0 Å². The lowest BCUT2D eigenvalue weighted by Crippen LogP contribution is -2.38. The summed E-state index contributed by atoms with van der Waals surface area (Å²) in [5.41, 5.74) is 0.907. The molecule has 3 rings (SSSR count). The predicted molar refractivity (Wildman–Crippen MR) is 93.5 cm³/mol. The maximum absolute atomic E-state index is 12.8. The van der Waals surface area contributed by atoms with Crippen LogP contribution in [0.3, 0.4) is 0 Å². The van der Waals surface area contributed by atoms with Crippen molar-refractivity contribution in [1.29, 1.82) is 0 Å². The monoisotopic (exact) mass is 355 g/mol. The zero-order valence-corrected chi connectivity index (χ0v) is 14.6. The van der Waals surface area contributed by atoms with Crippen molar-refractivity contribution in [2.75, 3.05) is 6.54 Å². The molecule has 0 N–H and O–H groups in total. The molecule has 0 saturated carbocycles. The first-order valence-corrected chi connectivity index (χ1v) is 8.60. The van der Waals surface area contributed by atoms with Crippen molar-refractivity contribution in [3.05, 3.63) is 60.1 Å². The summed E-state index contributed by atoms with van der Waals surface area (Å²) in [6.45, 7) is 1.65. The molecule has 136 valence electrons. The predicted octanol–water partition coefficient (Wildman–Crippen LogP) is 2.63. The summed E-state index contributed by atoms with van der Waals surface area (Å²) in [7, 11) is 0. The van der Waals surface area contributed by atoms with E-state index in [2.05, 4.69) is 0 Å². The van der Waals surface area contributed by atoms with Crippen LogP contribution in [0.25, 0.3) is 0 Å². The summed E-state index contributed by atoms with van der Waals surface area (Å²) in [5.74, 6) is -0.357. The molecule has 0 unspecified atom stereocenters. The molecule has 26 heavy (non-hydrogen) atoms. The fraction of sp³-hybridized carbons (Fsp3) is 0.350. The van der Waals surface area contributed by atoms with E-state index in [1.807, 2.05) is 30.3 Å². The molecule has 0 aliphatic carbocycles. The Bertz CT molecular complexity index is 769. The number of hydrogen-bond acceptors (Lipinski definition) is 5. The molecule has 2 atom stereocenters. The normalized spacial score (nSPS) is 19.3. The van der Waals surface area contributed by atoms with E-state index in [-0.39, 0.29) is 48.4 Å². The second-order valence-electron chi connectivity index (χ2n) is 6.43. The van der Waals surface area contributed by atoms with Gasteiger partial charge in [0.25, 0.3) is 0 Å². The van der Waals surface area contributed by atoms with E-state index < -0.39 is 0 Å². The molecule has 0 radical (unpaired) electrons. The van der Waals surface area contributed by atoms with Crippen molar-refractivity contribution in [2.24, 2.45) is 0 Å². The Morgan fingerprint density at radius 2 is 1.92 bits per heavy atom. The summed E-state index contributed by atoms with van der Waals surface area (Å²) in [6.07, 6.45) is 1.90. The Kier molecular flexibility index (Phi) is 5.51. The summed E-state index contributed by atoms with van der Waals surface area (Å²) >= 11 is 0. The fourth-order valence-corrected chi connectivity index (χ4v) is 3.32. The molecular weight excluding hydrogens is 334 g/mol. The van der Waals surface area contributed by atoms with Gasteiger partial charge < -0.3 is 14.1 Å². The zero-order chi connectivity index (χ0) is 18.5. The van der Waals surface area contributed by atoms with E-state index in [1.54, 1.807) is 17.0 Å². The van der Waals surface area contributed by atoms with Gasteiger partial charge in [0.2, 0.25) is 5.91 Å². The Balaban J connectivity index is 1.71. The van der Waals surface area contributed by atoms with Gasteiger partial charge in [0.15, 0.2) is 11.5 Å². The number of furan rings is 1. The Labute approximate surface area is 151 Å². The largest absolute Gasteiger partial charge is 0.461 e. The smallest absolute Gasteiger partial charge is 0.302 e. The molecule has 1 aliphatic heterocycles. The number of rotatable bonds is 6. The molecule has 1 amide bonds. The second-order valence-corrected chi connectivity index (χ2v) is 6.43. The highest BCUT2D eigenvalue weighted by Gasteiger charge is 2.38. The lowest BCUT2D eigenvalue weighted by molar-refractivity contribution is -0.146. The van der Waals surface area contributed by atoms with Crippen molar-refractivity contribution in [3.63, 3.8) is 0 Å². The minimum Gasteiger partial charge on any atom is -0.461 e. The van der Waals surface area contributed by atoms with Gasteiger partial charge in [-0.3, -0.25) is 14.4 Å². The average Bonchev–Trinajstić information content (AvgIpc) is 3.25. The molecular formula is C20H21NO5. The number of carbonyl (C=O) groups excluding carboxylic acids is 3. The molecule has 6 nitrogen and oxygen atoms in total. The molecule has 1 fully saturated rings. The highest BCUT2D eigenvalue weighted by Crippen LogP contribution is 2.25. The Hall–Kier alpha value is -2.89. The molecule has 2 heterocycles. The quantitative estimate of drug-likeness (QED) is 0.588. The molecule has 2 aromatic rings. The van der Waals surface area contributed by atoms with E-state index in [9.17, 15) is 14.4 Å². The van der Waals surface area contributed by atoms with Crippen LogP contribution < -0.4 is 0 Å². The van der Waals surface area contributed by atoms with Gasteiger partial charge in [-0.25, -0.2) is 0 Å². The van der Waals surface area contributed by atoms with Gasteiger partial charge in [-0.15, -0.1) is 0 Å². The van der Waals surface area contributed by atoms with E-state index in [4.69, 9.17) is 9.15 Å². The lowest BCUT2D eigenvalue weighted by atomic mass is 10.0. The van der Waals surface area contributed by atoms with Gasteiger partial charge in [0.05, 0.1) is 19.2 Å². The molecule has 1 aromatic carbocycles. The van der Waals surface area contributed by atoms with Crippen LogP contribution in [-0.4, -0.2) is 41.3 Å². The second kappa shape index (κ2) is 7.99. The molecule has 1 aliphatic rings. The van der Waals surface area contributed by atoms with Crippen molar-refractivity contribution >= 4 is 17.7 Å². The average molecular weight is 355 g/mol. The first-order chi connectivity index (χ1) is 12.5. The third-order valence-corrected chi connectivity index (χ3v) is 4.44. The number of Topliss-reactive ketones (excluding diaryl/α,β-unsaturated/α-hetero) is 1. The van der Waals surface area contributed by atoms with E-state index in [0.717, 1.165) is 5.56 Å². The molecule has 0 bridgehead atoms. The summed E-state index contributed by atoms with van der Waals surface area (Å²) in [5, 5.41) is 0. The number of carbonyl (C=O) groups is 3. The summed E-state index contributed by atoms with van der Waals surface area (Å²) in [4.78, 5) is 38.1. The van der Waals surface area contributed by atoms with Crippen LogP contribution in [0.2, 0.25) is 0 Å². The first-order valence-electron chi connectivity index (χ1n) is 8.60. The van der Waals surface area contributed by atoms with Crippen LogP contribution in [0.5, 0.6) is 0 Å². The van der Waals surface area contributed by atoms with Crippen molar-refractivity contribution in [2.45, 2.75) is 38.3 Å². The topological polar surface area (TPSA) is 76.8 Å². The van der Waals surface area contributed by atoms with Crippen LogP contribution in [0.1, 0.15) is 35.9 Å². The number of benzene rings is 1. The standard InChI is InChI=1S/C20H21NO5/c1-14(22)26-17-11-16(12-18(23)19-8-5-9-25-19)21(13-17)20(24)10-15-6-3-2-4-7-15/h2-9,16-17H,10-13H2,1H3/t16-,17-/m1/s1. The van der Waals surface area contributed by atoms with E-state index in [1.165, 1.54) is 13.2 Å². The molecule has 0 spiro atoms. The molecule has 6 heteroatoms. The van der Waals surface area contributed by atoms with Crippen LogP contribution in [-0.2, 0) is 20.7 Å². The Morgan fingerprint density at radius 1 is 1.15 bits per heavy atom. The lowest BCUT2D eigenvalue weighted by Gasteiger charge is -2.23. The Morgan fingerprint density at radius 3 is 2.58 bits per heavy atom. The molecule has 1 saturated heterocycles. The van der Waals surface area contributed by atoms with Gasteiger partial charge in [-0.05, 0) is 17.7 Å². The number of hydrogen-bond donors (Lipinski definition) is 0. The van der Waals surface area contributed by atoms with Crippen LogP contribution in [0, 0.1) is 0 Å². The van der Waals surface area contributed by atoms with Gasteiger partial charge in [0, 0.05) is 25.8 Å². The summed E-state index contributed by atoms with van der Waals surface area (Å²) in [6, 6.07) is 12.4. The minimum absolute atomic E-state index is 0.0805. The van der Waals surface area contributed by atoms with E-state index in [0.29, 0.717) is 13.0 Å². The van der Waals surface area contributed by atoms with Gasteiger partial charge in [0.1, 0.15) is 6.10 Å². The number of nitrogens with zero attached hydrogens (tertiary/aromatic N) is 1. The maximum atomic E-state index is 12.8. The van der Waals surface area contributed by atoms with Crippen molar-refractivity contribution in [3.8, 4) is 0 Å². The SMILES string of the molecule is CC(=O)O[C@@H]1C[C@H](CC(=O)c2ccco2)N(C(=O)Cc2ccccc2)C1. The highest BCUT2D eigenvalue weighted by molar-refractivity contribution is 5.94.